The first kappa shape index (κ1) is 11.5. The van der Waals surface area contributed by atoms with Gasteiger partial charge in [0.25, 0.3) is 0 Å². The molecule has 0 amide bonds. The molecule has 0 aliphatic heterocycles. The molecule has 0 fully saturated rings. The van der Waals surface area contributed by atoms with Crippen LogP contribution < -0.4 is 5.32 Å². The van der Waals surface area contributed by atoms with Crippen LogP contribution in [0.4, 0.5) is 23.2 Å². The number of fused-ring (bicyclic) bond motifs is 1. The molecule has 2 rings (SSSR count). The van der Waals surface area contributed by atoms with Gasteiger partial charge in [-0.25, -0.2) is 4.39 Å². The summed E-state index contributed by atoms with van der Waals surface area (Å²) < 4.78 is 49.7. The lowest BCUT2D eigenvalue weighted by Crippen LogP contribution is -2.20. The van der Waals surface area contributed by atoms with Crippen LogP contribution in [0.15, 0.2) is 30.3 Å². The maximum atomic E-state index is 13.0. The second kappa shape index (κ2) is 3.80. The van der Waals surface area contributed by atoms with Crippen LogP contribution in [-0.4, -0.2) is 11.4 Å². The molecular formula is C11H7F4NO. The minimum absolute atomic E-state index is 0.0256. The van der Waals surface area contributed by atoms with Gasteiger partial charge in [0.15, 0.2) is 0 Å². The van der Waals surface area contributed by atoms with Crippen LogP contribution in [0.1, 0.15) is 0 Å². The number of halogens is 4. The molecule has 0 spiro atoms. The van der Waals surface area contributed by atoms with Crippen LogP contribution in [0.5, 0.6) is 5.75 Å². The largest absolute Gasteiger partial charge is 0.507 e. The molecule has 0 saturated carbocycles. The SMILES string of the molecule is Oc1cc(F)cc2c(NC(F)(F)F)cccc12. The Labute approximate surface area is 93.5 Å². The van der Waals surface area contributed by atoms with E-state index in [4.69, 9.17) is 0 Å². The average Bonchev–Trinajstić information content (AvgIpc) is 2.17. The molecule has 0 saturated heterocycles. The molecule has 90 valence electrons. The van der Waals surface area contributed by atoms with Gasteiger partial charge >= 0.3 is 6.30 Å². The number of phenolic OH excluding ortho intramolecular Hbond substituents is 1. The number of rotatable bonds is 1. The Morgan fingerprint density at radius 1 is 1.06 bits per heavy atom. The Bertz CT molecular complexity index is 565. The first-order chi connectivity index (χ1) is 7.87. The van der Waals surface area contributed by atoms with Gasteiger partial charge in [-0.3, -0.25) is 5.32 Å². The predicted molar refractivity (Wildman–Crippen MR) is 55.2 cm³/mol. The summed E-state index contributed by atoms with van der Waals surface area (Å²) in [6.07, 6.45) is -4.61. The van der Waals surface area contributed by atoms with Gasteiger partial charge < -0.3 is 5.11 Å². The first-order valence-corrected chi connectivity index (χ1v) is 4.63. The van der Waals surface area contributed by atoms with Crippen molar-refractivity contribution in [3.05, 3.63) is 36.1 Å². The molecule has 2 aromatic rings. The maximum Gasteiger partial charge on any atom is 0.482 e. The molecule has 0 unspecified atom stereocenters. The van der Waals surface area contributed by atoms with Crippen LogP contribution >= 0.6 is 0 Å². The van der Waals surface area contributed by atoms with Crippen LogP contribution in [0.25, 0.3) is 10.8 Å². The molecule has 2 aromatic carbocycles. The lowest BCUT2D eigenvalue weighted by Gasteiger charge is -2.13. The highest BCUT2D eigenvalue weighted by Gasteiger charge is 2.27. The van der Waals surface area contributed by atoms with Crippen molar-refractivity contribution in [3.63, 3.8) is 0 Å². The zero-order valence-corrected chi connectivity index (χ0v) is 8.35. The topological polar surface area (TPSA) is 32.3 Å². The first-order valence-electron chi connectivity index (χ1n) is 4.63. The number of aromatic hydroxyl groups is 1. The van der Waals surface area contributed by atoms with Crippen molar-refractivity contribution < 1.29 is 22.7 Å². The number of hydrogen-bond acceptors (Lipinski definition) is 2. The highest BCUT2D eigenvalue weighted by atomic mass is 19.4. The normalized spacial score (nSPS) is 11.8. The standard InChI is InChI=1S/C11H7F4NO/c12-6-4-8-7(10(17)5-6)2-1-3-9(8)16-11(13,14)15/h1-5,16-17H. The van der Waals surface area contributed by atoms with Crippen molar-refractivity contribution in [2.75, 3.05) is 5.32 Å². The van der Waals surface area contributed by atoms with Crippen molar-refractivity contribution in [2.45, 2.75) is 6.30 Å². The second-order valence-corrected chi connectivity index (χ2v) is 3.45. The fraction of sp³-hybridized carbons (Fsp3) is 0.0909. The van der Waals surface area contributed by atoms with E-state index in [9.17, 15) is 22.7 Å². The molecule has 2 nitrogen and oxygen atoms in total. The fourth-order valence-corrected chi connectivity index (χ4v) is 1.59. The second-order valence-electron chi connectivity index (χ2n) is 3.45. The summed E-state index contributed by atoms with van der Waals surface area (Å²) in [4.78, 5) is 0. The van der Waals surface area contributed by atoms with E-state index in [1.54, 1.807) is 0 Å². The number of nitrogens with one attached hydrogen (secondary N) is 1. The van der Waals surface area contributed by atoms with E-state index in [2.05, 4.69) is 0 Å². The maximum absolute atomic E-state index is 13.0. The lowest BCUT2D eigenvalue weighted by molar-refractivity contribution is -0.0998. The summed E-state index contributed by atoms with van der Waals surface area (Å²) in [5.74, 6) is -1.20. The Morgan fingerprint density at radius 2 is 1.76 bits per heavy atom. The van der Waals surface area contributed by atoms with E-state index < -0.39 is 17.9 Å². The third kappa shape index (κ3) is 2.41. The Morgan fingerprint density at radius 3 is 2.41 bits per heavy atom. The molecule has 0 aliphatic carbocycles. The summed E-state index contributed by atoms with van der Waals surface area (Å²) in [6, 6.07) is 5.69. The fourth-order valence-electron chi connectivity index (χ4n) is 1.59. The summed E-state index contributed by atoms with van der Waals surface area (Å²) >= 11 is 0. The van der Waals surface area contributed by atoms with Crippen molar-refractivity contribution >= 4 is 16.5 Å². The van der Waals surface area contributed by atoms with Crippen LogP contribution in [-0.2, 0) is 0 Å². The molecule has 2 N–H and O–H groups in total. The quantitative estimate of drug-likeness (QED) is 0.594. The minimum atomic E-state index is -4.61. The molecule has 0 atom stereocenters. The molecule has 0 bridgehead atoms. The highest BCUT2D eigenvalue weighted by molar-refractivity contribution is 5.97. The molecule has 17 heavy (non-hydrogen) atoms. The van der Waals surface area contributed by atoms with Crippen LogP contribution in [0.3, 0.4) is 0 Å². The molecule has 0 aromatic heterocycles. The number of anilines is 1. The lowest BCUT2D eigenvalue weighted by atomic mass is 10.1. The van der Waals surface area contributed by atoms with E-state index in [1.165, 1.54) is 17.4 Å². The monoisotopic (exact) mass is 245 g/mol. The molecule has 0 radical (unpaired) electrons. The summed E-state index contributed by atoms with van der Waals surface area (Å²) in [5, 5.41) is 10.9. The van der Waals surface area contributed by atoms with Gasteiger partial charge in [-0.05, 0) is 12.1 Å². The summed E-state index contributed by atoms with van der Waals surface area (Å²) in [5.41, 5.74) is -0.301. The van der Waals surface area contributed by atoms with Gasteiger partial charge in [0.05, 0.1) is 0 Å². The summed E-state index contributed by atoms with van der Waals surface area (Å²) in [7, 11) is 0. The van der Waals surface area contributed by atoms with E-state index >= 15 is 0 Å². The Kier molecular flexibility index (Phi) is 2.57. The Balaban J connectivity index is 2.64. The number of benzene rings is 2. The van der Waals surface area contributed by atoms with E-state index in [-0.39, 0.29) is 16.5 Å². The average molecular weight is 245 g/mol. The predicted octanol–water partition coefficient (Wildman–Crippen LogP) is 3.62. The zero-order valence-electron chi connectivity index (χ0n) is 8.35. The van der Waals surface area contributed by atoms with Crippen molar-refractivity contribution in [3.8, 4) is 5.75 Å². The van der Waals surface area contributed by atoms with E-state index in [0.29, 0.717) is 0 Å². The van der Waals surface area contributed by atoms with Gasteiger partial charge in [0, 0.05) is 22.5 Å². The smallest absolute Gasteiger partial charge is 0.482 e. The molecular weight excluding hydrogens is 238 g/mol. The van der Waals surface area contributed by atoms with Crippen LogP contribution in [0.2, 0.25) is 0 Å². The van der Waals surface area contributed by atoms with Gasteiger partial charge in [-0.2, -0.15) is 13.2 Å². The van der Waals surface area contributed by atoms with E-state index in [0.717, 1.165) is 18.2 Å². The molecule has 0 aliphatic rings. The van der Waals surface area contributed by atoms with E-state index in [1.807, 2.05) is 0 Å². The number of hydrogen-bond donors (Lipinski definition) is 2. The Hall–Kier alpha value is -1.98. The third-order valence-electron chi connectivity index (χ3n) is 2.22. The minimum Gasteiger partial charge on any atom is -0.507 e. The number of phenols is 1. The third-order valence-corrected chi connectivity index (χ3v) is 2.22. The van der Waals surface area contributed by atoms with Crippen LogP contribution in [0, 0.1) is 5.82 Å². The summed E-state index contributed by atoms with van der Waals surface area (Å²) in [6.45, 7) is 0. The molecule has 0 heterocycles. The van der Waals surface area contributed by atoms with Gasteiger partial charge in [-0.15, -0.1) is 0 Å². The van der Waals surface area contributed by atoms with Gasteiger partial charge in [0.1, 0.15) is 11.6 Å². The van der Waals surface area contributed by atoms with Crippen molar-refractivity contribution in [2.24, 2.45) is 0 Å². The van der Waals surface area contributed by atoms with Gasteiger partial charge in [-0.1, -0.05) is 12.1 Å². The van der Waals surface area contributed by atoms with Crippen molar-refractivity contribution in [1.82, 2.24) is 0 Å². The van der Waals surface area contributed by atoms with Crippen molar-refractivity contribution in [1.29, 1.82) is 0 Å². The number of alkyl halides is 3. The van der Waals surface area contributed by atoms with Gasteiger partial charge in [0.2, 0.25) is 0 Å². The zero-order chi connectivity index (χ0) is 12.6. The highest BCUT2D eigenvalue weighted by Crippen LogP contribution is 2.33. The molecule has 6 heteroatoms.